The number of esters is 1. The zero-order valence-electron chi connectivity index (χ0n) is 11.6. The van der Waals surface area contributed by atoms with Gasteiger partial charge in [-0.3, -0.25) is 4.79 Å². The van der Waals surface area contributed by atoms with E-state index in [4.69, 9.17) is 16.0 Å². The summed E-state index contributed by atoms with van der Waals surface area (Å²) in [5, 5.41) is 3.02. The number of hydrogen-bond acceptors (Lipinski definition) is 4. The van der Waals surface area contributed by atoms with Gasteiger partial charge in [0.05, 0.1) is 12.1 Å². The molecule has 0 saturated carbocycles. The first-order valence-corrected chi connectivity index (χ1v) is 6.64. The van der Waals surface area contributed by atoms with E-state index in [2.05, 4.69) is 10.1 Å². The second-order valence-electron chi connectivity index (χ2n) is 4.36. The average Bonchev–Trinajstić information content (AvgIpc) is 2.96. The van der Waals surface area contributed by atoms with Crippen LogP contribution in [0.2, 0.25) is 5.02 Å². The van der Waals surface area contributed by atoms with E-state index in [0.717, 1.165) is 0 Å². The van der Waals surface area contributed by atoms with Crippen LogP contribution in [0.5, 0.6) is 0 Å². The molecule has 1 aromatic heterocycles. The molecule has 1 aromatic carbocycles. The number of nitrogens with one attached hydrogen (secondary N) is 1. The summed E-state index contributed by atoms with van der Waals surface area (Å²) < 4.78 is 10.0. The Morgan fingerprint density at radius 3 is 2.62 bits per heavy atom. The molecule has 5 nitrogen and oxygen atoms in total. The highest BCUT2D eigenvalue weighted by molar-refractivity contribution is 6.33. The molecule has 2 rings (SSSR count). The monoisotopic (exact) mass is 307 g/mol. The number of methoxy groups -OCH3 is 1. The first kappa shape index (κ1) is 15.1. The van der Waals surface area contributed by atoms with Gasteiger partial charge in [0.25, 0.3) is 5.91 Å². The highest BCUT2D eigenvalue weighted by Crippen LogP contribution is 2.28. The number of halogens is 1. The van der Waals surface area contributed by atoms with Gasteiger partial charge < -0.3 is 14.5 Å². The summed E-state index contributed by atoms with van der Waals surface area (Å²) in [5.41, 5.74) is 0.694. The largest absolute Gasteiger partial charge is 0.467 e. The first-order chi connectivity index (χ1) is 10.0. The van der Waals surface area contributed by atoms with Crippen LogP contribution in [-0.2, 0) is 9.53 Å². The van der Waals surface area contributed by atoms with Gasteiger partial charge in [-0.1, -0.05) is 23.7 Å². The molecule has 1 heterocycles. The maximum Gasteiger partial charge on any atom is 0.328 e. The minimum atomic E-state index is -0.753. The van der Waals surface area contributed by atoms with Gasteiger partial charge in [-0.15, -0.1) is 0 Å². The van der Waals surface area contributed by atoms with Gasteiger partial charge in [-0.25, -0.2) is 4.79 Å². The maximum atomic E-state index is 12.0. The van der Waals surface area contributed by atoms with Crippen LogP contribution in [0.4, 0.5) is 0 Å². The van der Waals surface area contributed by atoms with Crippen LogP contribution in [0.1, 0.15) is 17.5 Å². The third kappa shape index (κ3) is 3.44. The Morgan fingerprint density at radius 1 is 1.24 bits per heavy atom. The first-order valence-electron chi connectivity index (χ1n) is 6.26. The van der Waals surface area contributed by atoms with Gasteiger partial charge in [0.15, 0.2) is 5.76 Å². The number of carbonyl (C=O) groups is 2. The van der Waals surface area contributed by atoms with E-state index in [1.807, 2.05) is 6.07 Å². The molecule has 0 aliphatic rings. The van der Waals surface area contributed by atoms with Crippen molar-refractivity contribution in [3.63, 3.8) is 0 Å². The Balaban J connectivity index is 2.15. The Bertz CT molecular complexity index is 665. The zero-order valence-corrected chi connectivity index (χ0v) is 12.3. The van der Waals surface area contributed by atoms with Crippen molar-refractivity contribution in [1.82, 2.24) is 5.32 Å². The van der Waals surface area contributed by atoms with Gasteiger partial charge in [0.1, 0.15) is 11.8 Å². The fourth-order valence-electron chi connectivity index (χ4n) is 1.77. The maximum absolute atomic E-state index is 12.0. The van der Waals surface area contributed by atoms with Crippen molar-refractivity contribution in [2.24, 2.45) is 0 Å². The number of rotatable bonds is 4. The quantitative estimate of drug-likeness (QED) is 0.882. The third-order valence-corrected chi connectivity index (χ3v) is 3.20. The molecule has 0 radical (unpaired) electrons. The number of benzene rings is 1. The molecular weight excluding hydrogens is 294 g/mol. The van der Waals surface area contributed by atoms with Crippen molar-refractivity contribution in [3.8, 4) is 11.3 Å². The van der Waals surface area contributed by atoms with Crippen LogP contribution in [0.3, 0.4) is 0 Å². The van der Waals surface area contributed by atoms with E-state index >= 15 is 0 Å². The highest BCUT2D eigenvalue weighted by Gasteiger charge is 2.19. The molecule has 0 saturated heterocycles. The van der Waals surface area contributed by atoms with E-state index < -0.39 is 17.9 Å². The summed E-state index contributed by atoms with van der Waals surface area (Å²) in [6.07, 6.45) is 0. The minimum Gasteiger partial charge on any atom is -0.467 e. The molecule has 0 spiro atoms. The predicted octanol–water partition coefficient (Wildman–Crippen LogP) is 2.89. The normalized spacial score (nSPS) is 11.8. The molecule has 0 aliphatic heterocycles. The lowest BCUT2D eigenvalue weighted by atomic mass is 10.2. The van der Waals surface area contributed by atoms with E-state index in [1.54, 1.807) is 24.3 Å². The standard InChI is InChI=1S/C15H14ClNO4/c1-9(15(19)20-2)17-14(18)13-8-7-12(21-13)10-5-3-4-6-11(10)16/h3-9H,1-2H3,(H,17,18). The smallest absolute Gasteiger partial charge is 0.328 e. The Labute approximate surface area is 126 Å². The molecule has 1 amide bonds. The van der Waals surface area contributed by atoms with Crippen LogP contribution in [-0.4, -0.2) is 25.0 Å². The van der Waals surface area contributed by atoms with Crippen molar-refractivity contribution in [3.05, 3.63) is 47.2 Å². The van der Waals surface area contributed by atoms with Crippen LogP contribution in [0, 0.1) is 0 Å². The topological polar surface area (TPSA) is 68.5 Å². The van der Waals surface area contributed by atoms with Crippen molar-refractivity contribution in [1.29, 1.82) is 0 Å². The van der Waals surface area contributed by atoms with E-state index in [9.17, 15) is 9.59 Å². The molecule has 1 atom stereocenters. The molecule has 1 N–H and O–H groups in total. The van der Waals surface area contributed by atoms with Crippen molar-refractivity contribution in [2.45, 2.75) is 13.0 Å². The molecule has 1 unspecified atom stereocenters. The summed E-state index contributed by atoms with van der Waals surface area (Å²) >= 11 is 6.07. The van der Waals surface area contributed by atoms with Gasteiger partial charge in [0, 0.05) is 5.56 Å². The molecule has 0 fully saturated rings. The summed E-state index contributed by atoms with van der Waals surface area (Å²) in [6, 6.07) is 9.58. The van der Waals surface area contributed by atoms with E-state index in [1.165, 1.54) is 20.1 Å². The minimum absolute atomic E-state index is 0.0978. The van der Waals surface area contributed by atoms with Gasteiger partial charge >= 0.3 is 5.97 Å². The summed E-state index contributed by atoms with van der Waals surface area (Å²) in [4.78, 5) is 23.2. The third-order valence-electron chi connectivity index (χ3n) is 2.87. The molecular formula is C15H14ClNO4. The van der Waals surface area contributed by atoms with Gasteiger partial charge in [-0.05, 0) is 31.2 Å². The Kier molecular flexibility index (Phi) is 4.65. The summed E-state index contributed by atoms with van der Waals surface area (Å²) in [5.74, 6) is -0.440. The second kappa shape index (κ2) is 6.45. The average molecular weight is 308 g/mol. The number of hydrogen-bond donors (Lipinski definition) is 1. The van der Waals surface area contributed by atoms with Gasteiger partial charge in [0.2, 0.25) is 0 Å². The number of furan rings is 1. The SMILES string of the molecule is COC(=O)C(C)NC(=O)c1ccc(-c2ccccc2Cl)o1. The van der Waals surface area contributed by atoms with E-state index in [-0.39, 0.29) is 5.76 Å². The molecule has 2 aromatic rings. The number of amides is 1. The summed E-state index contributed by atoms with van der Waals surface area (Å²) in [6.45, 7) is 1.53. The molecule has 21 heavy (non-hydrogen) atoms. The summed E-state index contributed by atoms with van der Waals surface area (Å²) in [7, 11) is 1.26. The predicted molar refractivity (Wildman–Crippen MR) is 78.1 cm³/mol. The molecule has 0 aliphatic carbocycles. The van der Waals surface area contributed by atoms with Gasteiger partial charge in [-0.2, -0.15) is 0 Å². The fourth-order valence-corrected chi connectivity index (χ4v) is 2.00. The Hall–Kier alpha value is -2.27. The second-order valence-corrected chi connectivity index (χ2v) is 4.77. The zero-order chi connectivity index (χ0) is 15.4. The van der Waals surface area contributed by atoms with Crippen LogP contribution in [0.15, 0.2) is 40.8 Å². The lowest BCUT2D eigenvalue weighted by Gasteiger charge is -2.09. The lowest BCUT2D eigenvalue weighted by Crippen LogP contribution is -2.38. The molecule has 110 valence electrons. The molecule has 6 heteroatoms. The van der Waals surface area contributed by atoms with Crippen LogP contribution >= 0.6 is 11.6 Å². The fraction of sp³-hybridized carbons (Fsp3) is 0.200. The lowest BCUT2D eigenvalue weighted by molar-refractivity contribution is -0.142. The van der Waals surface area contributed by atoms with Crippen molar-refractivity contribution >= 4 is 23.5 Å². The van der Waals surface area contributed by atoms with Crippen molar-refractivity contribution < 1.29 is 18.7 Å². The van der Waals surface area contributed by atoms with Crippen LogP contribution < -0.4 is 5.32 Å². The van der Waals surface area contributed by atoms with Crippen molar-refractivity contribution in [2.75, 3.05) is 7.11 Å². The molecule has 0 bridgehead atoms. The highest BCUT2D eigenvalue weighted by atomic mass is 35.5. The number of ether oxygens (including phenoxy) is 1. The van der Waals surface area contributed by atoms with E-state index in [0.29, 0.717) is 16.3 Å². The Morgan fingerprint density at radius 2 is 1.95 bits per heavy atom. The number of carbonyl (C=O) groups excluding carboxylic acids is 2. The van der Waals surface area contributed by atoms with Crippen LogP contribution in [0.25, 0.3) is 11.3 Å².